The number of anilines is 2. The van der Waals surface area contributed by atoms with Crippen molar-refractivity contribution < 1.29 is 13.2 Å². The van der Waals surface area contributed by atoms with E-state index in [1.807, 2.05) is 55.4 Å². The summed E-state index contributed by atoms with van der Waals surface area (Å²) < 4.78 is 34.2. The van der Waals surface area contributed by atoms with Crippen molar-refractivity contribution in [3.8, 4) is 5.75 Å². The average Bonchev–Trinajstić information content (AvgIpc) is 2.79. The molecule has 3 rings (SSSR count). The van der Waals surface area contributed by atoms with Crippen molar-refractivity contribution in [1.82, 2.24) is 4.90 Å². The zero-order valence-corrected chi connectivity index (χ0v) is 19.8. The highest BCUT2D eigenvalue weighted by atomic mass is 35.5. The SMILES string of the molecule is CN(C)CCN(c1ccccc1NCCOc1ccc(Cl)cc1)S(=O)(=O)c1ccccc1. The van der Waals surface area contributed by atoms with Gasteiger partial charge < -0.3 is 15.0 Å². The molecule has 1 N–H and O–H groups in total. The van der Waals surface area contributed by atoms with Gasteiger partial charge in [-0.15, -0.1) is 0 Å². The Hall–Kier alpha value is -2.74. The lowest BCUT2D eigenvalue weighted by Crippen LogP contribution is -2.37. The van der Waals surface area contributed by atoms with Crippen LogP contribution in [0.5, 0.6) is 5.75 Å². The van der Waals surface area contributed by atoms with E-state index in [1.54, 1.807) is 42.5 Å². The van der Waals surface area contributed by atoms with Crippen molar-refractivity contribution in [2.75, 3.05) is 50.0 Å². The van der Waals surface area contributed by atoms with Gasteiger partial charge in [0.05, 0.1) is 16.3 Å². The predicted molar refractivity (Wildman–Crippen MR) is 131 cm³/mol. The van der Waals surface area contributed by atoms with Gasteiger partial charge in [-0.1, -0.05) is 41.9 Å². The molecule has 0 saturated carbocycles. The van der Waals surface area contributed by atoms with Crippen LogP contribution in [0.3, 0.4) is 0 Å². The quantitative estimate of drug-likeness (QED) is 0.413. The number of hydrogen-bond donors (Lipinski definition) is 1. The third kappa shape index (κ3) is 6.38. The van der Waals surface area contributed by atoms with Crippen LogP contribution in [0.2, 0.25) is 5.02 Å². The number of ether oxygens (including phenoxy) is 1. The summed E-state index contributed by atoms with van der Waals surface area (Å²) in [5.74, 6) is 0.726. The van der Waals surface area contributed by atoms with Gasteiger partial charge in [0.1, 0.15) is 12.4 Å². The molecule has 3 aromatic carbocycles. The lowest BCUT2D eigenvalue weighted by atomic mass is 10.2. The fourth-order valence-electron chi connectivity index (χ4n) is 3.11. The molecule has 0 aliphatic rings. The number of sulfonamides is 1. The molecule has 0 bridgehead atoms. The summed E-state index contributed by atoms with van der Waals surface area (Å²) in [6.07, 6.45) is 0. The Kier molecular flexibility index (Phi) is 8.39. The molecular weight excluding hydrogens is 446 g/mol. The molecule has 0 radical (unpaired) electrons. The first-order chi connectivity index (χ1) is 15.4. The van der Waals surface area contributed by atoms with Crippen LogP contribution in [-0.2, 0) is 10.0 Å². The number of hydrogen-bond acceptors (Lipinski definition) is 5. The molecule has 6 nitrogen and oxygen atoms in total. The van der Waals surface area contributed by atoms with Crippen molar-refractivity contribution in [3.05, 3.63) is 83.9 Å². The number of halogens is 1. The number of nitrogens with one attached hydrogen (secondary N) is 1. The van der Waals surface area contributed by atoms with Gasteiger partial charge in [-0.05, 0) is 62.6 Å². The number of benzene rings is 3. The van der Waals surface area contributed by atoms with Gasteiger partial charge in [0, 0.05) is 24.7 Å². The van der Waals surface area contributed by atoms with E-state index in [2.05, 4.69) is 5.32 Å². The van der Waals surface area contributed by atoms with Crippen LogP contribution >= 0.6 is 11.6 Å². The molecular formula is C24H28ClN3O3S. The molecule has 0 fully saturated rings. The Morgan fingerprint density at radius 3 is 2.22 bits per heavy atom. The number of rotatable bonds is 11. The molecule has 32 heavy (non-hydrogen) atoms. The summed E-state index contributed by atoms with van der Waals surface area (Å²) in [7, 11) is 0.117. The smallest absolute Gasteiger partial charge is 0.264 e. The van der Waals surface area contributed by atoms with Crippen molar-refractivity contribution in [2.24, 2.45) is 0 Å². The lowest BCUT2D eigenvalue weighted by Gasteiger charge is -2.28. The van der Waals surface area contributed by atoms with Crippen LogP contribution < -0.4 is 14.4 Å². The van der Waals surface area contributed by atoms with Crippen LogP contribution in [0, 0.1) is 0 Å². The maximum Gasteiger partial charge on any atom is 0.264 e. The highest BCUT2D eigenvalue weighted by molar-refractivity contribution is 7.92. The summed E-state index contributed by atoms with van der Waals surface area (Å²) in [6, 6.07) is 23.1. The zero-order valence-electron chi connectivity index (χ0n) is 18.2. The van der Waals surface area contributed by atoms with Crippen LogP contribution in [0.1, 0.15) is 0 Å². The monoisotopic (exact) mass is 473 g/mol. The largest absolute Gasteiger partial charge is 0.492 e. The second kappa shape index (κ2) is 11.2. The number of para-hydroxylation sites is 2. The van der Waals surface area contributed by atoms with Gasteiger partial charge in [0.2, 0.25) is 0 Å². The topological polar surface area (TPSA) is 61.9 Å². The van der Waals surface area contributed by atoms with Crippen molar-refractivity contribution >= 4 is 33.0 Å². The molecule has 0 heterocycles. The fraction of sp³-hybridized carbons (Fsp3) is 0.250. The van der Waals surface area contributed by atoms with Gasteiger partial charge in [0.25, 0.3) is 10.0 Å². The van der Waals surface area contributed by atoms with Crippen LogP contribution in [0.25, 0.3) is 0 Å². The fourth-order valence-corrected chi connectivity index (χ4v) is 4.73. The van der Waals surface area contributed by atoms with Crippen LogP contribution in [-0.4, -0.2) is 53.7 Å². The summed E-state index contributed by atoms with van der Waals surface area (Å²) in [6.45, 7) is 1.83. The van der Waals surface area contributed by atoms with Crippen molar-refractivity contribution in [1.29, 1.82) is 0 Å². The normalized spacial score (nSPS) is 11.4. The summed E-state index contributed by atoms with van der Waals surface area (Å²) >= 11 is 5.90. The van der Waals surface area contributed by atoms with E-state index < -0.39 is 10.0 Å². The summed E-state index contributed by atoms with van der Waals surface area (Å²) in [5.41, 5.74) is 1.33. The second-order valence-corrected chi connectivity index (χ2v) is 9.74. The van der Waals surface area contributed by atoms with Gasteiger partial charge in [-0.25, -0.2) is 8.42 Å². The first kappa shape index (κ1) is 23.9. The van der Waals surface area contributed by atoms with Crippen LogP contribution in [0.4, 0.5) is 11.4 Å². The van der Waals surface area contributed by atoms with E-state index in [-0.39, 0.29) is 4.90 Å². The Bertz CT molecular complexity index is 1090. The molecule has 0 saturated heterocycles. The van der Waals surface area contributed by atoms with E-state index in [0.29, 0.717) is 37.0 Å². The standard InChI is InChI=1S/C24H28ClN3O3S/c1-27(2)17-18-28(32(29,30)22-8-4-3-5-9-22)24-11-7-6-10-23(24)26-16-19-31-21-14-12-20(25)13-15-21/h3-15,26H,16-19H2,1-2H3. The molecule has 0 spiro atoms. The number of nitrogens with zero attached hydrogens (tertiary/aromatic N) is 2. The lowest BCUT2D eigenvalue weighted by molar-refractivity contribution is 0.333. The van der Waals surface area contributed by atoms with Crippen LogP contribution in [0.15, 0.2) is 83.8 Å². The second-order valence-electron chi connectivity index (χ2n) is 7.44. The van der Waals surface area contributed by atoms with E-state index >= 15 is 0 Å². The molecule has 0 atom stereocenters. The first-order valence-electron chi connectivity index (χ1n) is 10.3. The van der Waals surface area contributed by atoms with E-state index in [9.17, 15) is 8.42 Å². The highest BCUT2D eigenvalue weighted by Gasteiger charge is 2.26. The molecule has 0 amide bonds. The molecule has 0 aliphatic carbocycles. The summed E-state index contributed by atoms with van der Waals surface area (Å²) in [5, 5.41) is 3.97. The Balaban J connectivity index is 1.78. The maximum absolute atomic E-state index is 13.5. The summed E-state index contributed by atoms with van der Waals surface area (Å²) in [4.78, 5) is 2.23. The molecule has 0 aliphatic heterocycles. The molecule has 0 aromatic heterocycles. The van der Waals surface area contributed by atoms with E-state index in [4.69, 9.17) is 16.3 Å². The molecule has 3 aromatic rings. The van der Waals surface area contributed by atoms with E-state index in [1.165, 1.54) is 4.31 Å². The van der Waals surface area contributed by atoms with Crippen molar-refractivity contribution in [3.63, 3.8) is 0 Å². The zero-order chi connectivity index (χ0) is 23.0. The van der Waals surface area contributed by atoms with Gasteiger partial charge in [0.15, 0.2) is 0 Å². The molecule has 8 heteroatoms. The third-order valence-corrected chi connectivity index (χ3v) is 6.83. The number of likely N-dealkylation sites (N-methyl/N-ethyl adjacent to an activating group) is 1. The Morgan fingerprint density at radius 1 is 0.875 bits per heavy atom. The van der Waals surface area contributed by atoms with Gasteiger partial charge in [-0.2, -0.15) is 0 Å². The van der Waals surface area contributed by atoms with Gasteiger partial charge in [-0.3, -0.25) is 4.31 Å². The Labute approximate surface area is 195 Å². The minimum Gasteiger partial charge on any atom is -0.492 e. The molecule has 170 valence electrons. The average molecular weight is 474 g/mol. The van der Waals surface area contributed by atoms with E-state index in [0.717, 1.165) is 11.4 Å². The maximum atomic E-state index is 13.5. The first-order valence-corrected chi connectivity index (χ1v) is 12.1. The third-order valence-electron chi connectivity index (χ3n) is 4.75. The predicted octanol–water partition coefficient (Wildman–Crippen LogP) is 4.59. The van der Waals surface area contributed by atoms with Gasteiger partial charge >= 0.3 is 0 Å². The molecule has 0 unspecified atom stereocenters. The minimum atomic E-state index is -3.73. The highest BCUT2D eigenvalue weighted by Crippen LogP contribution is 2.30. The minimum absolute atomic E-state index is 0.264. The Morgan fingerprint density at radius 2 is 1.53 bits per heavy atom. The van der Waals surface area contributed by atoms with Crippen molar-refractivity contribution in [2.45, 2.75) is 4.90 Å².